The smallest absolute Gasteiger partial charge is 0.208 e. The van der Waals surface area contributed by atoms with Crippen LogP contribution < -0.4 is 11.3 Å². The Morgan fingerprint density at radius 3 is 2.86 bits per heavy atom. The standard InChI is InChI=1S/C10H22N4/c1-8(2)6-9-4-5-14(7-9)10(12-3)13-11/h8-9H,4-7,11H2,1-3H3,(H,12,13). The number of nitrogens with zero attached hydrogens (tertiary/aromatic N) is 2. The molecule has 0 amide bonds. The molecular formula is C10H22N4. The van der Waals surface area contributed by atoms with Crippen molar-refractivity contribution in [2.45, 2.75) is 26.7 Å². The normalized spacial score (nSPS) is 23.4. The molecule has 0 aromatic rings. The summed E-state index contributed by atoms with van der Waals surface area (Å²) >= 11 is 0. The zero-order valence-electron chi connectivity index (χ0n) is 9.45. The number of hydrogen-bond acceptors (Lipinski definition) is 2. The Balaban J connectivity index is 2.40. The molecule has 1 unspecified atom stereocenters. The fourth-order valence-electron chi connectivity index (χ4n) is 2.18. The van der Waals surface area contributed by atoms with E-state index >= 15 is 0 Å². The van der Waals surface area contributed by atoms with E-state index in [4.69, 9.17) is 5.84 Å². The minimum atomic E-state index is 0.785. The van der Waals surface area contributed by atoms with E-state index in [0.29, 0.717) is 0 Å². The number of aliphatic imine (C=N–C) groups is 1. The van der Waals surface area contributed by atoms with Crippen LogP contribution in [0.1, 0.15) is 26.7 Å². The van der Waals surface area contributed by atoms with Crippen molar-refractivity contribution < 1.29 is 0 Å². The number of nitrogens with two attached hydrogens (primary N) is 1. The van der Waals surface area contributed by atoms with Crippen LogP contribution in [0.15, 0.2) is 4.99 Å². The zero-order chi connectivity index (χ0) is 10.6. The monoisotopic (exact) mass is 198 g/mol. The lowest BCUT2D eigenvalue weighted by Gasteiger charge is -2.19. The van der Waals surface area contributed by atoms with Gasteiger partial charge in [0.15, 0.2) is 0 Å². The number of hydrazine groups is 1. The molecule has 0 radical (unpaired) electrons. The second kappa shape index (κ2) is 5.20. The van der Waals surface area contributed by atoms with E-state index in [1.165, 1.54) is 12.8 Å². The van der Waals surface area contributed by atoms with Gasteiger partial charge in [-0.2, -0.15) is 0 Å². The second-order valence-electron chi connectivity index (χ2n) is 4.42. The highest BCUT2D eigenvalue weighted by Gasteiger charge is 2.24. The summed E-state index contributed by atoms with van der Waals surface area (Å²) in [5, 5.41) is 0. The lowest BCUT2D eigenvalue weighted by Crippen LogP contribution is -2.43. The van der Waals surface area contributed by atoms with Gasteiger partial charge >= 0.3 is 0 Å². The summed E-state index contributed by atoms with van der Waals surface area (Å²) in [7, 11) is 1.77. The van der Waals surface area contributed by atoms with Crippen molar-refractivity contribution in [3.05, 3.63) is 0 Å². The summed E-state index contributed by atoms with van der Waals surface area (Å²) in [5.74, 6) is 7.79. The average Bonchev–Trinajstić information content (AvgIpc) is 2.54. The molecule has 1 saturated heterocycles. The van der Waals surface area contributed by atoms with Gasteiger partial charge in [0.1, 0.15) is 0 Å². The van der Waals surface area contributed by atoms with Gasteiger partial charge in [0.2, 0.25) is 5.96 Å². The van der Waals surface area contributed by atoms with Crippen molar-refractivity contribution in [1.29, 1.82) is 0 Å². The van der Waals surface area contributed by atoms with Crippen LogP contribution in [0.25, 0.3) is 0 Å². The Morgan fingerprint density at radius 1 is 1.64 bits per heavy atom. The van der Waals surface area contributed by atoms with E-state index in [1.807, 2.05) is 0 Å². The van der Waals surface area contributed by atoms with Gasteiger partial charge in [-0.25, -0.2) is 5.84 Å². The van der Waals surface area contributed by atoms with Crippen molar-refractivity contribution in [2.24, 2.45) is 22.7 Å². The van der Waals surface area contributed by atoms with Crippen molar-refractivity contribution in [2.75, 3.05) is 20.1 Å². The van der Waals surface area contributed by atoms with Crippen LogP contribution >= 0.6 is 0 Å². The Labute approximate surface area is 86.5 Å². The molecule has 14 heavy (non-hydrogen) atoms. The summed E-state index contributed by atoms with van der Waals surface area (Å²) in [4.78, 5) is 6.34. The molecule has 0 aromatic carbocycles. The number of guanidine groups is 1. The maximum atomic E-state index is 5.39. The fraction of sp³-hybridized carbons (Fsp3) is 0.900. The molecule has 1 rings (SSSR count). The predicted molar refractivity (Wildman–Crippen MR) is 59.8 cm³/mol. The third-order valence-corrected chi connectivity index (χ3v) is 2.73. The van der Waals surface area contributed by atoms with Gasteiger partial charge in [0, 0.05) is 20.1 Å². The lowest BCUT2D eigenvalue weighted by molar-refractivity contribution is 0.404. The highest BCUT2D eigenvalue weighted by Crippen LogP contribution is 2.22. The van der Waals surface area contributed by atoms with Gasteiger partial charge in [0.05, 0.1) is 0 Å². The third-order valence-electron chi connectivity index (χ3n) is 2.73. The number of hydrogen-bond donors (Lipinski definition) is 2. The molecule has 0 aromatic heterocycles. The molecule has 0 aliphatic carbocycles. The number of rotatable bonds is 2. The first-order chi connectivity index (χ1) is 6.67. The van der Waals surface area contributed by atoms with Crippen LogP contribution in [0, 0.1) is 11.8 Å². The molecule has 1 heterocycles. The first-order valence-electron chi connectivity index (χ1n) is 5.35. The quantitative estimate of drug-likeness (QED) is 0.299. The zero-order valence-corrected chi connectivity index (χ0v) is 9.45. The summed E-state index contributed by atoms with van der Waals surface area (Å²) in [5.41, 5.74) is 2.64. The van der Waals surface area contributed by atoms with Crippen LogP contribution in [0.5, 0.6) is 0 Å². The van der Waals surface area contributed by atoms with Crippen molar-refractivity contribution >= 4 is 5.96 Å². The SMILES string of the molecule is CN=C(NN)N1CCC(CC(C)C)C1. The lowest BCUT2D eigenvalue weighted by atomic mass is 9.97. The van der Waals surface area contributed by atoms with Gasteiger partial charge in [-0.15, -0.1) is 0 Å². The molecule has 0 spiro atoms. The molecule has 0 saturated carbocycles. The molecule has 1 aliphatic heterocycles. The predicted octanol–water partition coefficient (Wildman–Crippen LogP) is 0.804. The van der Waals surface area contributed by atoms with Crippen LogP contribution in [-0.4, -0.2) is 31.0 Å². The van der Waals surface area contributed by atoms with Crippen molar-refractivity contribution in [3.8, 4) is 0 Å². The molecule has 1 aliphatic rings. The van der Waals surface area contributed by atoms with Gasteiger partial charge < -0.3 is 4.90 Å². The van der Waals surface area contributed by atoms with E-state index in [0.717, 1.165) is 30.9 Å². The largest absolute Gasteiger partial charge is 0.342 e. The molecule has 1 fully saturated rings. The number of nitrogens with one attached hydrogen (secondary N) is 1. The molecule has 82 valence electrons. The average molecular weight is 198 g/mol. The Bertz CT molecular complexity index is 200. The van der Waals surface area contributed by atoms with E-state index in [-0.39, 0.29) is 0 Å². The van der Waals surface area contributed by atoms with Crippen LogP contribution in [0.3, 0.4) is 0 Å². The minimum Gasteiger partial charge on any atom is -0.342 e. The summed E-state index contributed by atoms with van der Waals surface area (Å²) in [6.45, 7) is 6.72. The summed E-state index contributed by atoms with van der Waals surface area (Å²) in [6.07, 6.45) is 2.57. The Hall–Kier alpha value is -0.770. The fourth-order valence-corrected chi connectivity index (χ4v) is 2.18. The molecule has 3 N–H and O–H groups in total. The molecule has 4 heteroatoms. The topological polar surface area (TPSA) is 53.6 Å². The molecule has 4 nitrogen and oxygen atoms in total. The van der Waals surface area contributed by atoms with E-state index in [9.17, 15) is 0 Å². The van der Waals surface area contributed by atoms with Crippen molar-refractivity contribution in [3.63, 3.8) is 0 Å². The van der Waals surface area contributed by atoms with Crippen LogP contribution in [-0.2, 0) is 0 Å². The van der Waals surface area contributed by atoms with Crippen LogP contribution in [0.2, 0.25) is 0 Å². The maximum absolute atomic E-state index is 5.39. The van der Waals surface area contributed by atoms with Gasteiger partial charge in [0.25, 0.3) is 0 Å². The van der Waals surface area contributed by atoms with E-state index < -0.39 is 0 Å². The highest BCUT2D eigenvalue weighted by atomic mass is 15.4. The summed E-state index contributed by atoms with van der Waals surface area (Å²) < 4.78 is 0. The number of likely N-dealkylation sites (tertiary alicyclic amines) is 1. The van der Waals surface area contributed by atoms with Crippen molar-refractivity contribution in [1.82, 2.24) is 10.3 Å². The van der Waals surface area contributed by atoms with Crippen LogP contribution in [0.4, 0.5) is 0 Å². The Morgan fingerprint density at radius 2 is 2.36 bits per heavy atom. The highest BCUT2D eigenvalue weighted by molar-refractivity contribution is 5.79. The maximum Gasteiger partial charge on any atom is 0.208 e. The Kier molecular flexibility index (Phi) is 4.20. The van der Waals surface area contributed by atoms with E-state index in [1.54, 1.807) is 7.05 Å². The van der Waals surface area contributed by atoms with Gasteiger partial charge in [-0.05, 0) is 24.7 Å². The van der Waals surface area contributed by atoms with Gasteiger partial charge in [-0.3, -0.25) is 10.4 Å². The molecule has 1 atom stereocenters. The third kappa shape index (κ3) is 2.87. The summed E-state index contributed by atoms with van der Waals surface area (Å²) in [6, 6.07) is 0. The molecule has 0 bridgehead atoms. The van der Waals surface area contributed by atoms with E-state index in [2.05, 4.69) is 29.2 Å². The second-order valence-corrected chi connectivity index (χ2v) is 4.42. The van der Waals surface area contributed by atoms with Gasteiger partial charge in [-0.1, -0.05) is 13.8 Å². The molecular weight excluding hydrogens is 176 g/mol. The first kappa shape index (κ1) is 11.3. The first-order valence-corrected chi connectivity index (χ1v) is 5.35. The minimum absolute atomic E-state index is 0.785.